The second kappa shape index (κ2) is 7.08. The monoisotopic (exact) mass is 324 g/mol. The molecule has 88 valence electrons. The number of alkyl halides is 6. The van der Waals surface area contributed by atoms with Gasteiger partial charge < -0.3 is 10.2 Å². The molecule has 2 atom stereocenters. The van der Waals surface area contributed by atoms with Gasteiger partial charge in [-0.2, -0.15) is 0 Å². The highest BCUT2D eigenvalue weighted by Crippen LogP contribution is 2.25. The molecule has 0 aromatic carbocycles. The Bertz CT molecular complexity index is 129. The van der Waals surface area contributed by atoms with Gasteiger partial charge in [0.25, 0.3) is 0 Å². The molecule has 0 saturated heterocycles. The Labute approximate surface area is 113 Å². The Morgan fingerprint density at radius 3 is 0.857 bits per heavy atom. The Morgan fingerprint density at radius 1 is 0.786 bits per heavy atom. The summed E-state index contributed by atoms with van der Waals surface area (Å²) < 4.78 is -3.58. The standard InChI is InChI=1S/2C3H5Cl3O/c2*1-2(4)3(5,6)7/h2*2,7H,1H3. The fourth-order valence-corrected chi connectivity index (χ4v) is 0. The Balaban J connectivity index is 0. The van der Waals surface area contributed by atoms with E-state index in [1.807, 2.05) is 0 Å². The molecule has 2 unspecified atom stereocenters. The first-order chi connectivity index (χ1) is 5.89. The van der Waals surface area contributed by atoms with E-state index in [0.717, 1.165) is 0 Å². The van der Waals surface area contributed by atoms with Crippen LogP contribution in [0.3, 0.4) is 0 Å². The van der Waals surface area contributed by atoms with Crippen LogP contribution in [0.2, 0.25) is 0 Å². The molecule has 0 amide bonds. The normalized spacial score (nSPS) is 16.7. The molecular weight excluding hydrogens is 317 g/mol. The molecule has 0 aromatic rings. The summed E-state index contributed by atoms with van der Waals surface area (Å²) in [6.45, 7) is 3.00. The molecule has 0 aromatic heterocycles. The maximum absolute atomic E-state index is 8.49. The van der Waals surface area contributed by atoms with E-state index < -0.39 is 19.8 Å². The van der Waals surface area contributed by atoms with E-state index in [0.29, 0.717) is 0 Å². The molecule has 0 fully saturated rings. The van der Waals surface area contributed by atoms with Crippen molar-refractivity contribution in [2.45, 2.75) is 33.6 Å². The van der Waals surface area contributed by atoms with E-state index in [9.17, 15) is 0 Å². The zero-order chi connectivity index (χ0) is 12.2. The average molecular weight is 327 g/mol. The highest BCUT2D eigenvalue weighted by atomic mass is 35.5. The molecule has 0 bridgehead atoms. The van der Waals surface area contributed by atoms with E-state index in [1.54, 1.807) is 0 Å². The van der Waals surface area contributed by atoms with Gasteiger partial charge in [-0.3, -0.25) is 0 Å². The molecule has 0 aliphatic carbocycles. The van der Waals surface area contributed by atoms with Crippen molar-refractivity contribution in [3.8, 4) is 0 Å². The van der Waals surface area contributed by atoms with Crippen molar-refractivity contribution in [2.24, 2.45) is 0 Å². The summed E-state index contributed by atoms with van der Waals surface area (Å²) in [6, 6.07) is 0. The van der Waals surface area contributed by atoms with Gasteiger partial charge in [0.15, 0.2) is 0 Å². The van der Waals surface area contributed by atoms with Crippen LogP contribution in [0, 0.1) is 0 Å². The van der Waals surface area contributed by atoms with Gasteiger partial charge in [-0.15, -0.1) is 23.2 Å². The number of hydrogen-bond donors (Lipinski definition) is 2. The number of rotatable bonds is 2. The zero-order valence-electron chi connectivity index (χ0n) is 7.32. The third-order valence-corrected chi connectivity index (χ3v) is 3.34. The van der Waals surface area contributed by atoms with Gasteiger partial charge in [0.05, 0.1) is 10.8 Å². The van der Waals surface area contributed by atoms with Crippen LogP contribution in [0.25, 0.3) is 0 Å². The topological polar surface area (TPSA) is 40.5 Å². The summed E-state index contributed by atoms with van der Waals surface area (Å²) in [6.07, 6.45) is 0. The van der Waals surface area contributed by atoms with Crippen LogP contribution >= 0.6 is 69.6 Å². The highest BCUT2D eigenvalue weighted by molar-refractivity contribution is 6.51. The van der Waals surface area contributed by atoms with Crippen LogP contribution in [0.1, 0.15) is 13.8 Å². The highest BCUT2D eigenvalue weighted by Gasteiger charge is 2.26. The van der Waals surface area contributed by atoms with Gasteiger partial charge in [-0.25, -0.2) is 0 Å². The van der Waals surface area contributed by atoms with Crippen molar-refractivity contribution in [2.75, 3.05) is 0 Å². The van der Waals surface area contributed by atoms with Gasteiger partial charge in [-0.1, -0.05) is 46.4 Å². The van der Waals surface area contributed by atoms with E-state index in [4.69, 9.17) is 79.8 Å². The first kappa shape index (κ1) is 18.0. The summed E-state index contributed by atoms with van der Waals surface area (Å²) in [5, 5.41) is 15.7. The van der Waals surface area contributed by atoms with E-state index in [-0.39, 0.29) is 0 Å². The quantitative estimate of drug-likeness (QED) is 0.763. The lowest BCUT2D eigenvalue weighted by atomic mass is 10.5. The zero-order valence-corrected chi connectivity index (χ0v) is 11.9. The predicted octanol–water partition coefficient (Wildman–Crippen LogP) is 3.47. The summed E-state index contributed by atoms with van der Waals surface area (Å²) in [5.74, 6) is 0. The minimum atomic E-state index is -1.79. The molecule has 14 heavy (non-hydrogen) atoms. The van der Waals surface area contributed by atoms with Crippen molar-refractivity contribution in [1.29, 1.82) is 0 Å². The first-order valence-electron chi connectivity index (χ1n) is 3.37. The molecule has 2 N–H and O–H groups in total. The van der Waals surface area contributed by atoms with Crippen molar-refractivity contribution in [3.05, 3.63) is 0 Å². The predicted molar refractivity (Wildman–Crippen MR) is 63.9 cm³/mol. The second-order valence-electron chi connectivity index (χ2n) is 2.41. The molecule has 0 aliphatic rings. The Hall–Kier alpha value is 1.66. The summed E-state index contributed by atoms with van der Waals surface area (Å²) in [5.41, 5.74) is 0. The lowest BCUT2D eigenvalue weighted by Gasteiger charge is -2.12. The maximum atomic E-state index is 8.49. The SMILES string of the molecule is CC(Cl)C(O)(Cl)Cl.CC(Cl)C(O)(Cl)Cl. The fourth-order valence-electron chi connectivity index (χ4n) is 0. The Morgan fingerprint density at radius 2 is 0.857 bits per heavy atom. The van der Waals surface area contributed by atoms with Crippen molar-refractivity contribution in [3.63, 3.8) is 0 Å². The molecule has 8 heteroatoms. The van der Waals surface area contributed by atoms with Gasteiger partial charge >= 0.3 is 0 Å². The number of hydrogen-bond acceptors (Lipinski definition) is 2. The lowest BCUT2D eigenvalue weighted by Crippen LogP contribution is -2.22. The maximum Gasteiger partial charge on any atom is 0.231 e. The van der Waals surface area contributed by atoms with E-state index in [2.05, 4.69) is 0 Å². The lowest BCUT2D eigenvalue weighted by molar-refractivity contribution is 0.214. The van der Waals surface area contributed by atoms with Gasteiger partial charge in [0.1, 0.15) is 0 Å². The number of halogens is 6. The smallest absolute Gasteiger partial charge is 0.231 e. The van der Waals surface area contributed by atoms with Crippen LogP contribution < -0.4 is 0 Å². The Kier molecular flexibility index (Phi) is 9.12. The molecule has 0 saturated carbocycles. The minimum absolute atomic E-state index is 0.643. The summed E-state index contributed by atoms with van der Waals surface area (Å²) in [4.78, 5) is 0. The first-order valence-corrected chi connectivity index (χ1v) is 5.76. The largest absolute Gasteiger partial charge is 0.361 e. The van der Waals surface area contributed by atoms with Crippen LogP contribution in [-0.4, -0.2) is 30.0 Å². The molecule has 0 rings (SSSR count). The van der Waals surface area contributed by atoms with Gasteiger partial charge in [0, 0.05) is 0 Å². The van der Waals surface area contributed by atoms with E-state index in [1.165, 1.54) is 13.8 Å². The summed E-state index contributed by atoms with van der Waals surface area (Å²) >= 11 is 30.7. The molecule has 2 nitrogen and oxygen atoms in total. The van der Waals surface area contributed by atoms with Crippen LogP contribution in [0.4, 0.5) is 0 Å². The molecule has 0 radical (unpaired) electrons. The number of aliphatic hydroxyl groups is 2. The second-order valence-corrected chi connectivity index (χ2v) is 6.41. The van der Waals surface area contributed by atoms with Crippen molar-refractivity contribution < 1.29 is 10.2 Å². The third kappa shape index (κ3) is 11.7. The van der Waals surface area contributed by atoms with Crippen LogP contribution in [-0.2, 0) is 0 Å². The molecule has 0 aliphatic heterocycles. The van der Waals surface area contributed by atoms with Crippen LogP contribution in [0.15, 0.2) is 0 Å². The molecule has 0 spiro atoms. The third-order valence-electron chi connectivity index (χ3n) is 0.957. The van der Waals surface area contributed by atoms with Crippen molar-refractivity contribution in [1.82, 2.24) is 0 Å². The molecule has 0 heterocycles. The van der Waals surface area contributed by atoms with Gasteiger partial charge in [0.2, 0.25) is 9.04 Å². The minimum Gasteiger partial charge on any atom is -0.361 e. The molecular formula is C6H10Cl6O2. The van der Waals surface area contributed by atoms with Crippen molar-refractivity contribution >= 4 is 69.6 Å². The fraction of sp³-hybridized carbons (Fsp3) is 1.00. The van der Waals surface area contributed by atoms with Crippen LogP contribution in [0.5, 0.6) is 0 Å². The average Bonchev–Trinajstić information content (AvgIpc) is 1.83. The van der Waals surface area contributed by atoms with E-state index >= 15 is 0 Å². The summed E-state index contributed by atoms with van der Waals surface area (Å²) in [7, 11) is 0. The van der Waals surface area contributed by atoms with Gasteiger partial charge in [-0.05, 0) is 13.8 Å².